The lowest BCUT2D eigenvalue weighted by Gasteiger charge is -2.31. The molecule has 2 N–H and O–H groups in total. The number of hydrogen-bond acceptors (Lipinski definition) is 6. The summed E-state index contributed by atoms with van der Waals surface area (Å²) in [4.78, 5) is 50.6. The van der Waals surface area contributed by atoms with Crippen molar-refractivity contribution in [3.8, 4) is 0 Å². The monoisotopic (exact) mass is 376 g/mol. The van der Waals surface area contributed by atoms with E-state index in [-0.39, 0.29) is 29.7 Å². The Morgan fingerprint density at radius 2 is 2.00 bits per heavy atom. The van der Waals surface area contributed by atoms with Crippen LogP contribution in [0.3, 0.4) is 0 Å². The largest absolute Gasteiger partial charge is 0.367 e. The third-order valence-corrected chi connectivity index (χ3v) is 4.93. The Kier molecular flexibility index (Phi) is 5.50. The number of nitrogens with one attached hydrogen (secondary N) is 2. The first-order valence-corrected chi connectivity index (χ1v) is 8.77. The molecule has 2 fully saturated rings. The molecule has 0 saturated carbocycles. The van der Waals surface area contributed by atoms with E-state index in [1.165, 1.54) is 13.1 Å². The van der Waals surface area contributed by atoms with E-state index in [0.717, 1.165) is 11.0 Å². The van der Waals surface area contributed by atoms with Gasteiger partial charge in [0.15, 0.2) is 6.29 Å². The van der Waals surface area contributed by atoms with Gasteiger partial charge in [-0.15, -0.1) is 0 Å². The number of halogens is 1. The summed E-state index contributed by atoms with van der Waals surface area (Å²) in [6.07, 6.45) is 0.812. The van der Waals surface area contributed by atoms with Crippen LogP contribution in [-0.2, 0) is 9.59 Å². The number of likely N-dealkylation sites (N-methyl/N-ethyl adjacent to an activating group) is 1. The Morgan fingerprint density at radius 1 is 1.30 bits per heavy atom. The molecule has 2 aliphatic heterocycles. The van der Waals surface area contributed by atoms with Gasteiger partial charge >= 0.3 is 0 Å². The summed E-state index contributed by atoms with van der Waals surface area (Å²) in [5.74, 6) is -2.20. The second-order valence-electron chi connectivity index (χ2n) is 6.63. The van der Waals surface area contributed by atoms with Gasteiger partial charge in [-0.3, -0.25) is 24.5 Å². The molecule has 1 atom stereocenters. The molecule has 9 heteroatoms. The Morgan fingerprint density at radius 3 is 2.63 bits per heavy atom. The van der Waals surface area contributed by atoms with Gasteiger partial charge in [0.05, 0.1) is 11.3 Å². The molecule has 2 heterocycles. The van der Waals surface area contributed by atoms with E-state index in [1.807, 2.05) is 4.90 Å². The van der Waals surface area contributed by atoms with Gasteiger partial charge in [-0.2, -0.15) is 0 Å². The van der Waals surface area contributed by atoms with E-state index in [9.17, 15) is 23.6 Å². The molecular formula is C18H21FN4O4. The zero-order chi connectivity index (χ0) is 19.6. The molecule has 1 unspecified atom stereocenters. The van der Waals surface area contributed by atoms with Crippen molar-refractivity contribution in [3.05, 3.63) is 29.1 Å². The van der Waals surface area contributed by atoms with Crippen LogP contribution < -0.4 is 15.5 Å². The van der Waals surface area contributed by atoms with Gasteiger partial charge in [-0.25, -0.2) is 4.39 Å². The van der Waals surface area contributed by atoms with Crippen LogP contribution in [0.1, 0.15) is 33.6 Å². The van der Waals surface area contributed by atoms with E-state index in [1.54, 1.807) is 0 Å². The fourth-order valence-corrected chi connectivity index (χ4v) is 3.39. The van der Waals surface area contributed by atoms with Crippen molar-refractivity contribution in [3.63, 3.8) is 0 Å². The van der Waals surface area contributed by atoms with Crippen molar-refractivity contribution in [1.29, 1.82) is 0 Å². The Hall–Kier alpha value is -2.81. The molecule has 0 aliphatic carbocycles. The van der Waals surface area contributed by atoms with Crippen molar-refractivity contribution in [2.45, 2.75) is 18.9 Å². The van der Waals surface area contributed by atoms with Crippen molar-refractivity contribution in [2.24, 2.45) is 0 Å². The minimum absolute atomic E-state index is 0.0640. The molecule has 3 amide bonds. The molecule has 2 saturated heterocycles. The average molecular weight is 376 g/mol. The van der Waals surface area contributed by atoms with Gasteiger partial charge in [0.25, 0.3) is 5.91 Å². The quantitative estimate of drug-likeness (QED) is 0.564. The topological polar surface area (TPSA) is 98.8 Å². The summed E-state index contributed by atoms with van der Waals surface area (Å²) in [5.41, 5.74) is 0.237. The van der Waals surface area contributed by atoms with Crippen molar-refractivity contribution >= 4 is 29.7 Å². The number of rotatable bonds is 4. The second-order valence-corrected chi connectivity index (χ2v) is 6.63. The maximum Gasteiger partial charge on any atom is 0.255 e. The number of piperazine rings is 1. The summed E-state index contributed by atoms with van der Waals surface area (Å²) in [6.45, 7) is 2.60. The lowest BCUT2D eigenvalue weighted by molar-refractivity contribution is -0.136. The highest BCUT2D eigenvalue weighted by Crippen LogP contribution is 2.25. The molecule has 1 aromatic carbocycles. The molecule has 0 spiro atoms. The first-order chi connectivity index (χ1) is 12.9. The molecule has 0 bridgehead atoms. The highest BCUT2D eigenvalue weighted by atomic mass is 19.1. The average Bonchev–Trinajstić information content (AvgIpc) is 2.67. The van der Waals surface area contributed by atoms with E-state index < -0.39 is 29.6 Å². The lowest BCUT2D eigenvalue weighted by atomic mass is 10.0. The van der Waals surface area contributed by atoms with Gasteiger partial charge in [-0.1, -0.05) is 0 Å². The predicted molar refractivity (Wildman–Crippen MR) is 95.1 cm³/mol. The van der Waals surface area contributed by atoms with Crippen LogP contribution >= 0.6 is 0 Å². The lowest BCUT2D eigenvalue weighted by Crippen LogP contribution is -2.53. The standard InChI is InChI=1S/C18H21FN4O4/c1-22(14-2-3-16(25)21-17(14)26)18(27)12-9-13(19)15(8-11(12)10-24)23-6-4-20-5-7-23/h8-10,14,20H,2-7H2,1H3,(H,21,25,26). The summed E-state index contributed by atoms with van der Waals surface area (Å²) < 4.78 is 14.7. The van der Waals surface area contributed by atoms with Gasteiger partial charge in [-0.05, 0) is 18.6 Å². The summed E-state index contributed by atoms with van der Waals surface area (Å²) in [7, 11) is 1.40. The summed E-state index contributed by atoms with van der Waals surface area (Å²) >= 11 is 0. The third kappa shape index (κ3) is 3.82. The van der Waals surface area contributed by atoms with Gasteiger partial charge in [0.1, 0.15) is 11.9 Å². The van der Waals surface area contributed by atoms with E-state index >= 15 is 0 Å². The SMILES string of the molecule is CN(C(=O)c1cc(F)c(N2CCNCC2)cc1C=O)C1CCC(=O)NC1=O. The molecular weight excluding hydrogens is 355 g/mol. The summed E-state index contributed by atoms with van der Waals surface area (Å²) in [5, 5.41) is 5.35. The van der Waals surface area contributed by atoms with Crippen LogP contribution in [0.25, 0.3) is 0 Å². The Bertz CT molecular complexity index is 792. The summed E-state index contributed by atoms with van der Waals surface area (Å²) in [6, 6.07) is 1.58. The van der Waals surface area contributed by atoms with Crippen molar-refractivity contribution < 1.29 is 23.6 Å². The van der Waals surface area contributed by atoms with Crippen molar-refractivity contribution in [1.82, 2.24) is 15.5 Å². The van der Waals surface area contributed by atoms with Gasteiger partial charge < -0.3 is 15.1 Å². The molecule has 0 radical (unpaired) electrons. The zero-order valence-corrected chi connectivity index (χ0v) is 15.0. The van der Waals surface area contributed by atoms with E-state index in [0.29, 0.717) is 32.5 Å². The molecule has 0 aromatic heterocycles. The minimum Gasteiger partial charge on any atom is -0.367 e. The number of carbonyl (C=O) groups is 4. The van der Waals surface area contributed by atoms with Crippen LogP contribution in [-0.4, -0.2) is 68.2 Å². The molecule has 3 rings (SSSR count). The number of piperidine rings is 1. The van der Waals surface area contributed by atoms with Crippen molar-refractivity contribution in [2.75, 3.05) is 38.1 Å². The second kappa shape index (κ2) is 7.83. The number of benzene rings is 1. The molecule has 144 valence electrons. The number of nitrogens with zero attached hydrogens (tertiary/aromatic N) is 2. The van der Waals surface area contributed by atoms with Gasteiger partial charge in [0.2, 0.25) is 11.8 Å². The van der Waals surface area contributed by atoms with Crippen LogP contribution in [0.5, 0.6) is 0 Å². The smallest absolute Gasteiger partial charge is 0.255 e. The van der Waals surface area contributed by atoms with Crippen LogP contribution in [0.15, 0.2) is 12.1 Å². The van der Waals surface area contributed by atoms with E-state index in [2.05, 4.69) is 10.6 Å². The first kappa shape index (κ1) is 19.0. The normalized spacial score (nSPS) is 20.2. The maximum atomic E-state index is 14.7. The highest BCUT2D eigenvalue weighted by molar-refractivity contribution is 6.06. The highest BCUT2D eigenvalue weighted by Gasteiger charge is 2.33. The number of carbonyl (C=O) groups excluding carboxylic acids is 4. The minimum atomic E-state index is -0.842. The third-order valence-electron chi connectivity index (χ3n) is 4.93. The fourth-order valence-electron chi connectivity index (χ4n) is 3.39. The van der Waals surface area contributed by atoms with Crippen LogP contribution in [0.2, 0.25) is 0 Å². The number of imide groups is 1. The predicted octanol–water partition coefficient (Wildman–Crippen LogP) is -0.0750. The zero-order valence-electron chi connectivity index (χ0n) is 15.0. The number of anilines is 1. The van der Waals surface area contributed by atoms with Crippen LogP contribution in [0.4, 0.5) is 10.1 Å². The Labute approximate surface area is 155 Å². The van der Waals surface area contributed by atoms with E-state index in [4.69, 9.17) is 0 Å². The first-order valence-electron chi connectivity index (χ1n) is 8.77. The number of hydrogen-bond donors (Lipinski definition) is 2. The molecule has 1 aromatic rings. The molecule has 27 heavy (non-hydrogen) atoms. The Balaban J connectivity index is 1.87. The van der Waals surface area contributed by atoms with Crippen LogP contribution in [0, 0.1) is 5.82 Å². The number of amides is 3. The van der Waals surface area contributed by atoms with Gasteiger partial charge in [0, 0.05) is 45.2 Å². The fraction of sp³-hybridized carbons (Fsp3) is 0.444. The molecule has 2 aliphatic rings. The maximum absolute atomic E-state index is 14.7. The molecule has 8 nitrogen and oxygen atoms in total. The number of aldehydes is 1.